The van der Waals surface area contributed by atoms with Crippen molar-refractivity contribution in [3.8, 4) is 11.5 Å². The maximum atomic E-state index is 10.9. The number of carboxylic acid groups (broad SMARTS) is 1. The van der Waals surface area contributed by atoms with Gasteiger partial charge in [-0.3, -0.25) is 0 Å². The molecule has 0 saturated carbocycles. The fourth-order valence-corrected chi connectivity index (χ4v) is 2.21. The number of aromatic carboxylic acids is 1. The number of aryl methyl sites for hydroxylation is 1. The molecule has 0 aromatic heterocycles. The standard InChI is InChI=1S/C16H15NO4/c1-10-8-11(16(18)19)2-4-13(10)17-12-3-5-14-15(9-12)21-7-6-20-14/h2-5,8-9,17H,6-7H2,1H3,(H,18,19). The summed E-state index contributed by atoms with van der Waals surface area (Å²) in [6, 6.07) is 10.6. The molecule has 2 aromatic rings. The number of hydrogen-bond acceptors (Lipinski definition) is 4. The van der Waals surface area contributed by atoms with Crippen LogP contribution in [0, 0.1) is 6.92 Å². The molecule has 5 nitrogen and oxygen atoms in total. The van der Waals surface area contributed by atoms with Gasteiger partial charge in [0, 0.05) is 17.4 Å². The second kappa shape index (κ2) is 5.36. The highest BCUT2D eigenvalue weighted by Gasteiger charge is 2.12. The molecule has 0 unspecified atom stereocenters. The molecule has 0 saturated heterocycles. The van der Waals surface area contributed by atoms with Gasteiger partial charge in [-0.05, 0) is 42.8 Å². The lowest BCUT2D eigenvalue weighted by atomic mass is 10.1. The van der Waals surface area contributed by atoms with Crippen LogP contribution >= 0.6 is 0 Å². The first-order chi connectivity index (χ1) is 10.1. The van der Waals surface area contributed by atoms with Gasteiger partial charge in [0.1, 0.15) is 13.2 Å². The van der Waals surface area contributed by atoms with Gasteiger partial charge >= 0.3 is 5.97 Å². The molecule has 0 radical (unpaired) electrons. The number of hydrogen-bond donors (Lipinski definition) is 2. The Labute approximate surface area is 122 Å². The van der Waals surface area contributed by atoms with Crippen LogP contribution in [-0.2, 0) is 0 Å². The molecule has 1 heterocycles. The lowest BCUT2D eigenvalue weighted by Crippen LogP contribution is -2.15. The number of fused-ring (bicyclic) bond motifs is 1. The molecule has 0 spiro atoms. The van der Waals surface area contributed by atoms with Crippen molar-refractivity contribution in [2.24, 2.45) is 0 Å². The zero-order valence-electron chi connectivity index (χ0n) is 11.6. The molecule has 1 aliphatic rings. The monoisotopic (exact) mass is 285 g/mol. The molecule has 5 heteroatoms. The third-order valence-corrected chi connectivity index (χ3v) is 3.29. The fraction of sp³-hybridized carbons (Fsp3) is 0.188. The van der Waals surface area contributed by atoms with Crippen molar-refractivity contribution in [3.63, 3.8) is 0 Å². The van der Waals surface area contributed by atoms with Gasteiger partial charge in [0.15, 0.2) is 11.5 Å². The number of carbonyl (C=O) groups is 1. The van der Waals surface area contributed by atoms with Crippen LogP contribution in [0.25, 0.3) is 0 Å². The van der Waals surface area contributed by atoms with Gasteiger partial charge in [0.2, 0.25) is 0 Å². The molecule has 1 aliphatic heterocycles. The summed E-state index contributed by atoms with van der Waals surface area (Å²) >= 11 is 0. The Kier molecular flexibility index (Phi) is 3.39. The third-order valence-electron chi connectivity index (χ3n) is 3.29. The van der Waals surface area contributed by atoms with E-state index in [9.17, 15) is 4.79 Å². The van der Waals surface area contributed by atoms with E-state index in [1.165, 1.54) is 0 Å². The number of anilines is 2. The first kappa shape index (κ1) is 13.3. The van der Waals surface area contributed by atoms with Gasteiger partial charge in [-0.1, -0.05) is 0 Å². The van der Waals surface area contributed by atoms with Crippen LogP contribution in [0.3, 0.4) is 0 Å². The maximum absolute atomic E-state index is 10.9. The van der Waals surface area contributed by atoms with Crippen LogP contribution in [0.1, 0.15) is 15.9 Å². The molecule has 2 N–H and O–H groups in total. The lowest BCUT2D eigenvalue weighted by Gasteiger charge is -2.19. The van der Waals surface area contributed by atoms with E-state index in [-0.39, 0.29) is 5.56 Å². The van der Waals surface area contributed by atoms with Crippen LogP contribution in [0.4, 0.5) is 11.4 Å². The zero-order valence-corrected chi connectivity index (χ0v) is 11.6. The third kappa shape index (κ3) is 2.76. The zero-order chi connectivity index (χ0) is 14.8. The van der Waals surface area contributed by atoms with E-state index in [4.69, 9.17) is 14.6 Å². The highest BCUT2D eigenvalue weighted by molar-refractivity contribution is 5.88. The Hall–Kier alpha value is -2.69. The van der Waals surface area contributed by atoms with Gasteiger partial charge < -0.3 is 19.9 Å². The summed E-state index contributed by atoms with van der Waals surface area (Å²) in [4.78, 5) is 10.9. The highest BCUT2D eigenvalue weighted by atomic mass is 16.6. The van der Waals surface area contributed by atoms with Gasteiger partial charge in [-0.25, -0.2) is 4.79 Å². The number of carboxylic acids is 1. The molecule has 0 fully saturated rings. The quantitative estimate of drug-likeness (QED) is 0.906. The molecule has 108 valence electrons. The van der Waals surface area contributed by atoms with Crippen molar-refractivity contribution in [1.82, 2.24) is 0 Å². The molecule has 2 aromatic carbocycles. The van der Waals surface area contributed by atoms with E-state index in [1.54, 1.807) is 18.2 Å². The second-order valence-corrected chi connectivity index (χ2v) is 4.82. The second-order valence-electron chi connectivity index (χ2n) is 4.82. The van der Waals surface area contributed by atoms with Gasteiger partial charge in [0.05, 0.1) is 5.56 Å². The summed E-state index contributed by atoms with van der Waals surface area (Å²) in [6.07, 6.45) is 0. The van der Waals surface area contributed by atoms with Gasteiger partial charge in [0.25, 0.3) is 0 Å². The smallest absolute Gasteiger partial charge is 0.335 e. The van der Waals surface area contributed by atoms with Gasteiger partial charge in [-0.2, -0.15) is 0 Å². The van der Waals surface area contributed by atoms with E-state index in [2.05, 4.69) is 5.32 Å². The Morgan fingerprint density at radius 1 is 1.10 bits per heavy atom. The minimum Gasteiger partial charge on any atom is -0.486 e. The largest absolute Gasteiger partial charge is 0.486 e. The molecule has 0 amide bonds. The van der Waals surface area contributed by atoms with E-state index in [0.29, 0.717) is 19.0 Å². The molecule has 3 rings (SSSR count). The number of ether oxygens (including phenoxy) is 2. The number of benzene rings is 2. The van der Waals surface area contributed by atoms with E-state index < -0.39 is 5.97 Å². The van der Waals surface area contributed by atoms with Crippen LogP contribution in [-0.4, -0.2) is 24.3 Å². The summed E-state index contributed by atoms with van der Waals surface area (Å²) in [6.45, 7) is 2.98. The molecule has 21 heavy (non-hydrogen) atoms. The van der Waals surface area contributed by atoms with E-state index in [1.807, 2.05) is 25.1 Å². The predicted octanol–water partition coefficient (Wildman–Crippen LogP) is 3.21. The number of rotatable bonds is 3. The highest BCUT2D eigenvalue weighted by Crippen LogP contribution is 2.34. The average Bonchev–Trinajstić information content (AvgIpc) is 2.49. The lowest BCUT2D eigenvalue weighted by molar-refractivity contribution is 0.0697. The van der Waals surface area contributed by atoms with Crippen molar-refractivity contribution >= 4 is 17.3 Å². The Balaban J connectivity index is 1.85. The van der Waals surface area contributed by atoms with Crippen LogP contribution in [0.2, 0.25) is 0 Å². The summed E-state index contributed by atoms with van der Waals surface area (Å²) in [5, 5.41) is 12.2. The van der Waals surface area contributed by atoms with E-state index >= 15 is 0 Å². The van der Waals surface area contributed by atoms with Crippen molar-refractivity contribution < 1.29 is 19.4 Å². The minimum atomic E-state index is -0.927. The van der Waals surface area contributed by atoms with Crippen LogP contribution in [0.5, 0.6) is 11.5 Å². The van der Waals surface area contributed by atoms with Gasteiger partial charge in [-0.15, -0.1) is 0 Å². The molecular formula is C16H15NO4. The molecule has 0 bridgehead atoms. The first-order valence-electron chi connectivity index (χ1n) is 6.64. The van der Waals surface area contributed by atoms with Crippen LogP contribution < -0.4 is 14.8 Å². The maximum Gasteiger partial charge on any atom is 0.335 e. The van der Waals surface area contributed by atoms with Crippen molar-refractivity contribution in [2.45, 2.75) is 6.92 Å². The van der Waals surface area contributed by atoms with Crippen LogP contribution in [0.15, 0.2) is 36.4 Å². The summed E-state index contributed by atoms with van der Waals surface area (Å²) < 4.78 is 11.0. The Morgan fingerprint density at radius 2 is 1.86 bits per heavy atom. The first-order valence-corrected chi connectivity index (χ1v) is 6.64. The summed E-state index contributed by atoms with van der Waals surface area (Å²) in [5.74, 6) is 0.528. The Morgan fingerprint density at radius 3 is 2.57 bits per heavy atom. The Bertz CT molecular complexity index is 697. The normalized spacial score (nSPS) is 12.8. The summed E-state index contributed by atoms with van der Waals surface area (Å²) in [5.41, 5.74) is 2.87. The predicted molar refractivity (Wildman–Crippen MR) is 78.9 cm³/mol. The minimum absolute atomic E-state index is 0.278. The molecule has 0 aliphatic carbocycles. The molecular weight excluding hydrogens is 270 g/mol. The average molecular weight is 285 g/mol. The van der Waals surface area contributed by atoms with Crippen molar-refractivity contribution in [3.05, 3.63) is 47.5 Å². The topological polar surface area (TPSA) is 67.8 Å². The van der Waals surface area contributed by atoms with E-state index in [0.717, 1.165) is 22.7 Å². The molecule has 0 atom stereocenters. The van der Waals surface area contributed by atoms with Crippen molar-refractivity contribution in [1.29, 1.82) is 0 Å². The number of nitrogens with one attached hydrogen (secondary N) is 1. The fourth-order valence-electron chi connectivity index (χ4n) is 2.21. The summed E-state index contributed by atoms with van der Waals surface area (Å²) in [7, 11) is 0. The SMILES string of the molecule is Cc1cc(C(=O)O)ccc1Nc1ccc2c(c1)OCCO2. The van der Waals surface area contributed by atoms with Crippen molar-refractivity contribution in [2.75, 3.05) is 18.5 Å².